The van der Waals surface area contributed by atoms with Gasteiger partial charge in [-0.25, -0.2) is 4.39 Å². The Morgan fingerprint density at radius 1 is 1.40 bits per heavy atom. The first-order chi connectivity index (χ1) is 6.72. The molecule has 0 atom stereocenters. The fourth-order valence-corrected chi connectivity index (χ4v) is 1.73. The maximum atomic E-state index is 12.5. The molecule has 0 saturated carbocycles. The third-order valence-electron chi connectivity index (χ3n) is 1.57. The number of nitrogens with two attached hydrogens (primary N) is 1. The molecule has 0 saturated heterocycles. The van der Waals surface area contributed by atoms with Crippen LogP contribution in [0, 0.1) is 5.82 Å². The summed E-state index contributed by atoms with van der Waals surface area (Å²) < 4.78 is 12.5. The molecular weight excluding hydrogens is 239 g/mol. The van der Waals surface area contributed by atoms with E-state index in [0.717, 1.165) is 4.90 Å². The van der Waals surface area contributed by atoms with Crippen molar-refractivity contribution in [2.75, 3.05) is 5.75 Å². The lowest BCUT2D eigenvalue weighted by Crippen LogP contribution is -2.11. The van der Waals surface area contributed by atoms with Crippen LogP contribution in [0.4, 0.5) is 4.39 Å². The highest BCUT2D eigenvalue weighted by Crippen LogP contribution is 2.18. The first-order valence-electron chi connectivity index (χ1n) is 4.07. The molecule has 1 aromatic rings. The highest BCUT2D eigenvalue weighted by atomic mass is 35.5. The molecule has 0 aliphatic rings. The number of nitrogens with zero attached hydrogens (tertiary/aromatic N) is 1. The molecule has 3 N–H and O–H groups in total. The van der Waals surface area contributed by atoms with E-state index in [0.29, 0.717) is 12.2 Å². The van der Waals surface area contributed by atoms with Crippen molar-refractivity contribution in [2.24, 2.45) is 10.9 Å². The van der Waals surface area contributed by atoms with Gasteiger partial charge < -0.3 is 10.9 Å². The Kier molecular flexibility index (Phi) is 6.90. The van der Waals surface area contributed by atoms with Crippen LogP contribution < -0.4 is 5.73 Å². The molecule has 0 aliphatic heterocycles. The first kappa shape index (κ1) is 14.1. The third kappa shape index (κ3) is 5.49. The number of thioether (sulfide) groups is 1. The lowest BCUT2D eigenvalue weighted by atomic mass is 10.4. The van der Waals surface area contributed by atoms with E-state index in [2.05, 4.69) is 5.16 Å². The summed E-state index contributed by atoms with van der Waals surface area (Å²) in [5.74, 6) is 0.673. The average molecular weight is 251 g/mol. The molecule has 0 amide bonds. The van der Waals surface area contributed by atoms with Crippen molar-refractivity contribution >= 4 is 30.0 Å². The van der Waals surface area contributed by atoms with Crippen molar-refractivity contribution in [1.82, 2.24) is 0 Å². The van der Waals surface area contributed by atoms with Crippen LogP contribution in [0.25, 0.3) is 0 Å². The van der Waals surface area contributed by atoms with Crippen LogP contribution in [0.5, 0.6) is 0 Å². The monoisotopic (exact) mass is 250 g/mol. The van der Waals surface area contributed by atoms with Crippen molar-refractivity contribution in [3.05, 3.63) is 30.1 Å². The molecule has 1 rings (SSSR count). The third-order valence-corrected chi connectivity index (χ3v) is 2.58. The van der Waals surface area contributed by atoms with Gasteiger partial charge in [0.1, 0.15) is 11.7 Å². The maximum Gasteiger partial charge on any atom is 0.139 e. The summed E-state index contributed by atoms with van der Waals surface area (Å²) in [7, 11) is 0. The van der Waals surface area contributed by atoms with Crippen LogP contribution in [0.1, 0.15) is 6.42 Å². The molecule has 3 nitrogen and oxygen atoms in total. The van der Waals surface area contributed by atoms with E-state index in [4.69, 9.17) is 10.9 Å². The summed E-state index contributed by atoms with van der Waals surface area (Å²) in [5.41, 5.74) is 5.29. The van der Waals surface area contributed by atoms with Gasteiger partial charge in [0.2, 0.25) is 0 Å². The topological polar surface area (TPSA) is 58.6 Å². The van der Waals surface area contributed by atoms with Crippen molar-refractivity contribution in [1.29, 1.82) is 0 Å². The van der Waals surface area contributed by atoms with Gasteiger partial charge in [-0.3, -0.25) is 0 Å². The second-order valence-electron chi connectivity index (χ2n) is 2.64. The van der Waals surface area contributed by atoms with E-state index in [-0.39, 0.29) is 24.1 Å². The standard InChI is InChI=1S/C9H11FN2OS.ClH/c10-7-1-3-8(4-2-7)14-6-5-9(11)12-13;/h1-4,13H,5-6H2,(H2,11,12);1H. The SMILES string of the molecule is Cl.NC(CCSc1ccc(F)cc1)=NO. The minimum atomic E-state index is -0.245. The molecule has 6 heteroatoms. The summed E-state index contributed by atoms with van der Waals surface area (Å²) in [6.45, 7) is 0. The summed E-state index contributed by atoms with van der Waals surface area (Å²) in [4.78, 5) is 0.970. The number of hydrogen-bond acceptors (Lipinski definition) is 3. The number of benzene rings is 1. The Bertz CT molecular complexity index is 318. The summed E-state index contributed by atoms with van der Waals surface area (Å²) >= 11 is 1.53. The molecule has 0 radical (unpaired) electrons. The number of hydrogen-bond donors (Lipinski definition) is 2. The number of amidine groups is 1. The molecule has 0 aromatic heterocycles. The van der Waals surface area contributed by atoms with Gasteiger partial charge in [0.05, 0.1) is 0 Å². The van der Waals surface area contributed by atoms with Gasteiger partial charge in [0.15, 0.2) is 0 Å². The molecule has 1 aromatic carbocycles. The normalized spacial score (nSPS) is 10.9. The van der Waals surface area contributed by atoms with E-state index < -0.39 is 0 Å². The van der Waals surface area contributed by atoms with Crippen molar-refractivity contribution in [2.45, 2.75) is 11.3 Å². The average Bonchev–Trinajstić information content (AvgIpc) is 2.21. The Morgan fingerprint density at radius 3 is 2.53 bits per heavy atom. The molecule has 0 spiro atoms. The Labute approximate surface area is 98.0 Å². The van der Waals surface area contributed by atoms with E-state index in [1.54, 1.807) is 12.1 Å². The zero-order chi connectivity index (χ0) is 10.4. The molecule has 0 aliphatic carbocycles. The Balaban J connectivity index is 0.00000196. The van der Waals surface area contributed by atoms with Crippen LogP contribution in [0.15, 0.2) is 34.3 Å². The Morgan fingerprint density at radius 2 is 2.00 bits per heavy atom. The van der Waals surface area contributed by atoms with Crippen molar-refractivity contribution < 1.29 is 9.60 Å². The smallest absolute Gasteiger partial charge is 0.139 e. The lowest BCUT2D eigenvalue weighted by Gasteiger charge is -2.00. The summed E-state index contributed by atoms with van der Waals surface area (Å²) in [6.07, 6.45) is 0.512. The van der Waals surface area contributed by atoms with E-state index in [1.807, 2.05) is 0 Å². The van der Waals surface area contributed by atoms with E-state index >= 15 is 0 Å². The molecule has 0 unspecified atom stereocenters. The van der Waals surface area contributed by atoms with Gasteiger partial charge in [0.25, 0.3) is 0 Å². The van der Waals surface area contributed by atoms with Crippen LogP contribution in [-0.4, -0.2) is 16.8 Å². The van der Waals surface area contributed by atoms with Crippen LogP contribution >= 0.6 is 24.2 Å². The van der Waals surface area contributed by atoms with Gasteiger partial charge in [-0.15, -0.1) is 24.2 Å². The molecule has 0 bridgehead atoms. The maximum absolute atomic E-state index is 12.5. The number of halogens is 2. The highest BCUT2D eigenvalue weighted by Gasteiger charge is 1.97. The van der Waals surface area contributed by atoms with Gasteiger partial charge >= 0.3 is 0 Å². The molecule has 15 heavy (non-hydrogen) atoms. The van der Waals surface area contributed by atoms with E-state index in [1.165, 1.54) is 23.9 Å². The molecule has 0 fully saturated rings. The zero-order valence-corrected chi connectivity index (χ0v) is 9.52. The number of rotatable bonds is 4. The fourth-order valence-electron chi connectivity index (χ4n) is 0.854. The van der Waals surface area contributed by atoms with Crippen molar-refractivity contribution in [3.8, 4) is 0 Å². The van der Waals surface area contributed by atoms with Gasteiger partial charge in [-0.1, -0.05) is 5.16 Å². The number of oxime groups is 1. The minimum absolute atomic E-state index is 0. The van der Waals surface area contributed by atoms with Crippen LogP contribution in [0.3, 0.4) is 0 Å². The van der Waals surface area contributed by atoms with Crippen LogP contribution in [0.2, 0.25) is 0 Å². The largest absolute Gasteiger partial charge is 0.409 e. The van der Waals surface area contributed by atoms with Gasteiger partial charge in [-0.05, 0) is 24.3 Å². The van der Waals surface area contributed by atoms with Gasteiger partial charge in [-0.2, -0.15) is 0 Å². The Hall–Kier alpha value is -0.940. The molecule has 84 valence electrons. The quantitative estimate of drug-likeness (QED) is 0.284. The predicted octanol–water partition coefficient (Wildman–Crippen LogP) is 2.48. The summed E-state index contributed by atoms with van der Waals surface area (Å²) in [6, 6.07) is 6.22. The van der Waals surface area contributed by atoms with E-state index in [9.17, 15) is 4.39 Å². The zero-order valence-electron chi connectivity index (χ0n) is 7.89. The lowest BCUT2D eigenvalue weighted by molar-refractivity contribution is 0.317. The second-order valence-corrected chi connectivity index (χ2v) is 3.81. The molecule has 0 heterocycles. The molecular formula is C9H12ClFN2OS. The minimum Gasteiger partial charge on any atom is -0.409 e. The van der Waals surface area contributed by atoms with Crippen molar-refractivity contribution in [3.63, 3.8) is 0 Å². The fraction of sp³-hybridized carbons (Fsp3) is 0.222. The first-order valence-corrected chi connectivity index (χ1v) is 5.05. The highest BCUT2D eigenvalue weighted by molar-refractivity contribution is 7.99. The van der Waals surface area contributed by atoms with Gasteiger partial charge in [0, 0.05) is 17.1 Å². The summed E-state index contributed by atoms with van der Waals surface area (Å²) in [5, 5.41) is 11.1. The predicted molar refractivity (Wildman–Crippen MR) is 62.4 cm³/mol. The second kappa shape index (κ2) is 7.36. The van der Waals surface area contributed by atoms with Crippen LogP contribution in [-0.2, 0) is 0 Å².